The monoisotopic (exact) mass is 328 g/mol. The Bertz CT molecular complexity index is 562. The maximum absolute atomic E-state index is 12.9. The second kappa shape index (κ2) is 6.85. The summed E-state index contributed by atoms with van der Waals surface area (Å²) < 4.78 is 5.90. The number of benzene rings is 1. The van der Waals surface area contributed by atoms with Crippen molar-refractivity contribution in [2.75, 3.05) is 6.61 Å². The molecule has 3 N–H and O–H groups in total. The van der Waals surface area contributed by atoms with E-state index in [1.165, 1.54) is 19.3 Å². The van der Waals surface area contributed by atoms with Gasteiger partial charge in [-0.1, -0.05) is 36.8 Å². The molecule has 0 spiro atoms. The van der Waals surface area contributed by atoms with Crippen molar-refractivity contribution in [3.8, 4) is 0 Å². The number of amides is 1. The number of ether oxygens (including phenoxy) is 1. The second-order valence-electron chi connectivity index (χ2n) is 7.80. The summed E-state index contributed by atoms with van der Waals surface area (Å²) in [5.74, 6) is 1.43. The van der Waals surface area contributed by atoms with E-state index in [2.05, 4.69) is 17.4 Å². The van der Waals surface area contributed by atoms with E-state index < -0.39 is 0 Å². The van der Waals surface area contributed by atoms with Crippen molar-refractivity contribution < 1.29 is 9.53 Å². The summed E-state index contributed by atoms with van der Waals surface area (Å²) in [6.45, 7) is 0.714. The molecule has 3 aliphatic rings. The van der Waals surface area contributed by atoms with E-state index in [4.69, 9.17) is 10.5 Å². The van der Waals surface area contributed by atoms with Gasteiger partial charge in [0, 0.05) is 18.6 Å². The summed E-state index contributed by atoms with van der Waals surface area (Å²) in [6.07, 6.45) is 6.48. The van der Waals surface area contributed by atoms with E-state index in [-0.39, 0.29) is 24.0 Å². The zero-order chi connectivity index (χ0) is 16.5. The van der Waals surface area contributed by atoms with E-state index in [0.29, 0.717) is 24.5 Å². The maximum Gasteiger partial charge on any atom is 0.223 e. The van der Waals surface area contributed by atoms with E-state index in [1.54, 1.807) is 0 Å². The molecule has 130 valence electrons. The minimum atomic E-state index is -0.0134. The quantitative estimate of drug-likeness (QED) is 0.897. The number of carbonyl (C=O) groups is 1. The average molecular weight is 328 g/mol. The summed E-state index contributed by atoms with van der Waals surface area (Å²) in [5.41, 5.74) is 7.51. The lowest BCUT2D eigenvalue weighted by Gasteiger charge is -2.43. The second-order valence-corrected chi connectivity index (χ2v) is 7.80. The summed E-state index contributed by atoms with van der Waals surface area (Å²) in [7, 11) is 0. The van der Waals surface area contributed by atoms with Crippen molar-refractivity contribution in [2.24, 2.45) is 23.5 Å². The van der Waals surface area contributed by atoms with Gasteiger partial charge in [0.2, 0.25) is 5.91 Å². The van der Waals surface area contributed by atoms with Gasteiger partial charge < -0.3 is 15.8 Å². The zero-order valence-corrected chi connectivity index (χ0v) is 14.2. The predicted octanol–water partition coefficient (Wildman–Crippen LogP) is 2.79. The lowest BCUT2D eigenvalue weighted by atomic mass is 9.65. The van der Waals surface area contributed by atoms with E-state index in [1.807, 2.05) is 18.2 Å². The van der Waals surface area contributed by atoms with Crippen molar-refractivity contribution in [1.82, 2.24) is 5.32 Å². The van der Waals surface area contributed by atoms with Gasteiger partial charge >= 0.3 is 0 Å². The van der Waals surface area contributed by atoms with Crippen LogP contribution in [0.5, 0.6) is 0 Å². The van der Waals surface area contributed by atoms with Crippen LogP contribution >= 0.6 is 0 Å². The minimum absolute atomic E-state index is 0.0134. The molecule has 4 rings (SSSR count). The van der Waals surface area contributed by atoms with Crippen LogP contribution < -0.4 is 11.1 Å². The Kier molecular flexibility index (Phi) is 4.59. The molecule has 1 heterocycles. The third kappa shape index (κ3) is 3.09. The van der Waals surface area contributed by atoms with Gasteiger partial charge in [-0.25, -0.2) is 0 Å². The number of fused-ring (bicyclic) bond motifs is 2. The Morgan fingerprint density at radius 2 is 1.79 bits per heavy atom. The number of hydrogen-bond acceptors (Lipinski definition) is 3. The molecule has 2 bridgehead atoms. The van der Waals surface area contributed by atoms with Crippen LogP contribution in [0, 0.1) is 17.8 Å². The van der Waals surface area contributed by atoms with Crippen molar-refractivity contribution in [2.45, 2.75) is 56.7 Å². The van der Waals surface area contributed by atoms with Crippen molar-refractivity contribution in [3.05, 3.63) is 35.9 Å². The van der Waals surface area contributed by atoms with Gasteiger partial charge in [0.1, 0.15) is 6.10 Å². The molecule has 1 aromatic carbocycles. The number of nitrogens with one attached hydrogen (secondary N) is 1. The first-order chi connectivity index (χ1) is 11.7. The van der Waals surface area contributed by atoms with Crippen LogP contribution in [0.15, 0.2) is 30.3 Å². The molecule has 0 aromatic heterocycles. The molecule has 1 saturated heterocycles. The molecule has 1 aromatic rings. The normalized spacial score (nSPS) is 38.7. The Balaban J connectivity index is 1.41. The van der Waals surface area contributed by atoms with Crippen LogP contribution in [-0.4, -0.2) is 24.6 Å². The highest BCUT2D eigenvalue weighted by molar-refractivity contribution is 5.79. The first-order valence-electron chi connectivity index (χ1n) is 9.45. The molecule has 2 saturated carbocycles. The summed E-state index contributed by atoms with van der Waals surface area (Å²) in [6, 6.07) is 10.6. The van der Waals surface area contributed by atoms with Crippen LogP contribution in [0.4, 0.5) is 0 Å². The molecular formula is C20H28N2O2. The van der Waals surface area contributed by atoms with E-state index in [9.17, 15) is 4.79 Å². The van der Waals surface area contributed by atoms with Crippen LogP contribution in [-0.2, 0) is 9.53 Å². The summed E-state index contributed by atoms with van der Waals surface area (Å²) in [4.78, 5) is 12.9. The molecular weight excluding hydrogens is 300 g/mol. The Morgan fingerprint density at radius 3 is 2.50 bits per heavy atom. The molecule has 0 radical (unpaired) electrons. The topological polar surface area (TPSA) is 64.4 Å². The highest BCUT2D eigenvalue weighted by Crippen LogP contribution is 2.42. The van der Waals surface area contributed by atoms with Gasteiger partial charge in [-0.2, -0.15) is 0 Å². The molecule has 1 aliphatic heterocycles. The number of nitrogens with two attached hydrogens (primary N) is 1. The Morgan fingerprint density at radius 1 is 1.08 bits per heavy atom. The SMILES string of the molecule is NC1C2CCCC1CC(C(=O)NC1CCOC1c1ccccc1)C2. The molecule has 4 heteroatoms. The van der Waals surface area contributed by atoms with E-state index >= 15 is 0 Å². The molecule has 1 amide bonds. The van der Waals surface area contributed by atoms with Gasteiger partial charge in [-0.3, -0.25) is 4.79 Å². The highest BCUT2D eigenvalue weighted by atomic mass is 16.5. The van der Waals surface area contributed by atoms with Crippen molar-refractivity contribution in [3.63, 3.8) is 0 Å². The maximum atomic E-state index is 12.9. The van der Waals surface area contributed by atoms with E-state index in [0.717, 1.165) is 24.8 Å². The van der Waals surface area contributed by atoms with Gasteiger partial charge in [0.05, 0.1) is 6.04 Å². The first kappa shape index (κ1) is 16.1. The lowest BCUT2D eigenvalue weighted by Crippen LogP contribution is -2.50. The van der Waals surface area contributed by atoms with Crippen molar-refractivity contribution in [1.29, 1.82) is 0 Å². The molecule has 24 heavy (non-hydrogen) atoms. The summed E-state index contributed by atoms with van der Waals surface area (Å²) >= 11 is 0. The predicted molar refractivity (Wildman–Crippen MR) is 93.2 cm³/mol. The highest BCUT2D eigenvalue weighted by Gasteiger charge is 2.41. The smallest absolute Gasteiger partial charge is 0.223 e. The van der Waals surface area contributed by atoms with Crippen LogP contribution in [0.2, 0.25) is 0 Å². The standard InChI is InChI=1S/C20H28N2O2/c21-18-14-7-4-8-15(18)12-16(11-14)20(23)22-17-9-10-24-19(17)13-5-2-1-3-6-13/h1-3,5-6,14-19H,4,7-12,21H2,(H,22,23). The Labute approximate surface area is 144 Å². The molecule has 4 atom stereocenters. The van der Waals surface area contributed by atoms with Gasteiger partial charge in [-0.15, -0.1) is 0 Å². The molecule has 4 nitrogen and oxygen atoms in total. The summed E-state index contributed by atoms with van der Waals surface area (Å²) in [5, 5.41) is 3.30. The first-order valence-corrected chi connectivity index (χ1v) is 9.45. The fraction of sp³-hybridized carbons (Fsp3) is 0.650. The van der Waals surface area contributed by atoms with Gasteiger partial charge in [0.15, 0.2) is 0 Å². The largest absolute Gasteiger partial charge is 0.371 e. The molecule has 3 fully saturated rings. The third-order valence-corrected chi connectivity index (χ3v) is 6.33. The fourth-order valence-electron chi connectivity index (χ4n) is 5.01. The zero-order valence-electron chi connectivity index (χ0n) is 14.2. The number of carbonyl (C=O) groups excluding carboxylic acids is 1. The van der Waals surface area contributed by atoms with Gasteiger partial charge in [-0.05, 0) is 49.5 Å². The lowest BCUT2D eigenvalue weighted by molar-refractivity contribution is -0.129. The van der Waals surface area contributed by atoms with Crippen LogP contribution in [0.1, 0.15) is 50.2 Å². The third-order valence-electron chi connectivity index (χ3n) is 6.33. The number of rotatable bonds is 3. The minimum Gasteiger partial charge on any atom is -0.371 e. The number of hydrogen-bond donors (Lipinski definition) is 2. The molecule has 2 aliphatic carbocycles. The van der Waals surface area contributed by atoms with Crippen LogP contribution in [0.3, 0.4) is 0 Å². The van der Waals surface area contributed by atoms with Crippen LogP contribution in [0.25, 0.3) is 0 Å². The average Bonchev–Trinajstić information content (AvgIpc) is 3.03. The van der Waals surface area contributed by atoms with Gasteiger partial charge in [0.25, 0.3) is 0 Å². The fourth-order valence-corrected chi connectivity index (χ4v) is 5.01. The molecule has 4 unspecified atom stereocenters. The Hall–Kier alpha value is -1.39. The van der Waals surface area contributed by atoms with Crippen molar-refractivity contribution >= 4 is 5.91 Å².